The van der Waals surface area contributed by atoms with E-state index in [2.05, 4.69) is 5.10 Å². The highest BCUT2D eigenvalue weighted by molar-refractivity contribution is 5.38. The third-order valence-corrected chi connectivity index (χ3v) is 2.75. The lowest BCUT2D eigenvalue weighted by atomic mass is 10.1. The van der Waals surface area contributed by atoms with Gasteiger partial charge >= 0.3 is 0 Å². The number of rotatable bonds is 5. The van der Waals surface area contributed by atoms with Crippen LogP contribution in [0.25, 0.3) is 0 Å². The largest absolute Gasteiger partial charge is 0.491 e. The molecule has 4 heteroatoms. The van der Waals surface area contributed by atoms with Gasteiger partial charge in [-0.05, 0) is 32.0 Å². The molecule has 0 aliphatic carbocycles. The first-order chi connectivity index (χ1) is 8.66. The van der Waals surface area contributed by atoms with Crippen molar-refractivity contribution in [1.82, 2.24) is 9.78 Å². The molecular formula is C14H18N2O2. The molecule has 0 unspecified atom stereocenters. The summed E-state index contributed by atoms with van der Waals surface area (Å²) in [4.78, 5) is 0. The second-order valence-electron chi connectivity index (χ2n) is 4.33. The summed E-state index contributed by atoms with van der Waals surface area (Å²) in [5.74, 6) is 0.739. The molecule has 4 nitrogen and oxygen atoms in total. The molecule has 0 spiro atoms. The molecule has 0 fully saturated rings. The Kier molecular flexibility index (Phi) is 3.99. The topological polar surface area (TPSA) is 47.3 Å². The van der Waals surface area contributed by atoms with E-state index in [1.54, 1.807) is 13.1 Å². The van der Waals surface area contributed by atoms with Gasteiger partial charge in [-0.1, -0.05) is 11.6 Å². The molecule has 0 amide bonds. The Morgan fingerprint density at radius 3 is 2.94 bits per heavy atom. The highest BCUT2D eigenvalue weighted by Gasteiger charge is 2.09. The highest BCUT2D eigenvalue weighted by Crippen LogP contribution is 2.26. The third kappa shape index (κ3) is 3.11. The van der Waals surface area contributed by atoms with E-state index in [0.717, 1.165) is 16.9 Å². The minimum atomic E-state index is -0.524. The predicted octanol–water partition coefficient (Wildman–Crippen LogP) is 2.32. The van der Waals surface area contributed by atoms with E-state index in [4.69, 9.17) is 4.74 Å². The lowest BCUT2D eigenvalue weighted by Gasteiger charge is -2.14. The van der Waals surface area contributed by atoms with E-state index in [-0.39, 0.29) is 0 Å². The molecule has 96 valence electrons. The summed E-state index contributed by atoms with van der Waals surface area (Å²) in [7, 11) is 0. The summed E-state index contributed by atoms with van der Waals surface area (Å²) >= 11 is 0. The number of ether oxygens (including phenoxy) is 1. The second kappa shape index (κ2) is 5.69. The number of aryl methyl sites for hydroxylation is 1. The molecule has 1 heterocycles. The van der Waals surface area contributed by atoms with Gasteiger partial charge in [-0.3, -0.25) is 4.68 Å². The summed E-state index contributed by atoms with van der Waals surface area (Å²) < 4.78 is 7.52. The van der Waals surface area contributed by atoms with Gasteiger partial charge in [-0.25, -0.2) is 0 Å². The van der Waals surface area contributed by atoms with Crippen LogP contribution in [-0.4, -0.2) is 21.5 Å². The Bertz CT molecular complexity index is 493. The average Bonchev–Trinajstić information content (AvgIpc) is 2.84. The Hall–Kier alpha value is -1.81. The molecule has 2 rings (SSSR count). The third-order valence-electron chi connectivity index (χ3n) is 2.75. The average molecular weight is 246 g/mol. The Balaban J connectivity index is 2.00. The summed E-state index contributed by atoms with van der Waals surface area (Å²) in [5, 5.41) is 13.8. The van der Waals surface area contributed by atoms with Crippen molar-refractivity contribution >= 4 is 0 Å². The first-order valence-corrected chi connectivity index (χ1v) is 6.05. The molecule has 0 aliphatic heterocycles. The molecule has 0 bridgehead atoms. The van der Waals surface area contributed by atoms with Gasteiger partial charge in [-0.15, -0.1) is 0 Å². The van der Waals surface area contributed by atoms with Crippen molar-refractivity contribution in [2.75, 3.05) is 6.61 Å². The molecule has 0 aliphatic rings. The lowest BCUT2D eigenvalue weighted by molar-refractivity contribution is 0.190. The van der Waals surface area contributed by atoms with E-state index in [1.165, 1.54) is 0 Å². The maximum absolute atomic E-state index is 9.71. The number of hydrogen-bond acceptors (Lipinski definition) is 3. The van der Waals surface area contributed by atoms with Crippen molar-refractivity contribution in [3.8, 4) is 5.75 Å². The number of nitrogens with zero attached hydrogens (tertiary/aromatic N) is 2. The van der Waals surface area contributed by atoms with E-state index in [1.807, 2.05) is 42.1 Å². The van der Waals surface area contributed by atoms with Crippen LogP contribution in [0, 0.1) is 6.92 Å². The van der Waals surface area contributed by atoms with Gasteiger partial charge in [0.05, 0.1) is 12.6 Å². The zero-order chi connectivity index (χ0) is 13.0. The van der Waals surface area contributed by atoms with Crippen LogP contribution in [0.2, 0.25) is 0 Å². The molecule has 2 aromatic rings. The normalized spacial score (nSPS) is 12.4. The quantitative estimate of drug-likeness (QED) is 0.880. The molecule has 0 saturated carbocycles. The molecule has 1 aromatic heterocycles. The van der Waals surface area contributed by atoms with Crippen LogP contribution in [0.1, 0.15) is 24.2 Å². The predicted molar refractivity (Wildman–Crippen MR) is 69.5 cm³/mol. The van der Waals surface area contributed by atoms with Gasteiger partial charge in [0.25, 0.3) is 0 Å². The second-order valence-corrected chi connectivity index (χ2v) is 4.33. The van der Waals surface area contributed by atoms with Crippen LogP contribution in [-0.2, 0) is 6.54 Å². The molecule has 1 aromatic carbocycles. The van der Waals surface area contributed by atoms with Gasteiger partial charge in [0.2, 0.25) is 0 Å². The maximum atomic E-state index is 9.71. The fourth-order valence-corrected chi connectivity index (χ4v) is 1.81. The molecule has 1 atom stereocenters. The highest BCUT2D eigenvalue weighted by atomic mass is 16.5. The van der Waals surface area contributed by atoms with E-state index >= 15 is 0 Å². The van der Waals surface area contributed by atoms with Crippen LogP contribution >= 0.6 is 0 Å². The Morgan fingerprint density at radius 2 is 2.28 bits per heavy atom. The number of aromatic nitrogens is 2. The Morgan fingerprint density at radius 1 is 1.44 bits per heavy atom. The van der Waals surface area contributed by atoms with Crippen LogP contribution in [0.15, 0.2) is 36.7 Å². The lowest BCUT2D eigenvalue weighted by Crippen LogP contribution is -2.10. The minimum Gasteiger partial charge on any atom is -0.491 e. The minimum absolute atomic E-state index is 0.524. The summed E-state index contributed by atoms with van der Waals surface area (Å²) in [6.07, 6.45) is 3.12. The summed E-state index contributed by atoms with van der Waals surface area (Å²) in [6.45, 7) is 4.97. The first kappa shape index (κ1) is 12.6. The van der Waals surface area contributed by atoms with Crippen LogP contribution in [0.5, 0.6) is 5.75 Å². The van der Waals surface area contributed by atoms with Gasteiger partial charge in [0.15, 0.2) is 0 Å². The Labute approximate surface area is 107 Å². The summed E-state index contributed by atoms with van der Waals surface area (Å²) in [5.41, 5.74) is 1.95. The standard InChI is InChI=1S/C14H18N2O2/c1-11-4-5-14(13(10-11)12(2)17)18-9-8-16-7-3-6-15-16/h3-7,10,12,17H,8-9H2,1-2H3/t12-/m1/s1. The van der Waals surface area contributed by atoms with E-state index in [9.17, 15) is 5.11 Å². The van der Waals surface area contributed by atoms with Crippen molar-refractivity contribution in [3.05, 3.63) is 47.8 Å². The SMILES string of the molecule is Cc1ccc(OCCn2cccn2)c([C@@H](C)O)c1. The van der Waals surface area contributed by atoms with Crippen molar-refractivity contribution in [2.24, 2.45) is 0 Å². The fraction of sp³-hybridized carbons (Fsp3) is 0.357. The van der Waals surface area contributed by atoms with Gasteiger partial charge < -0.3 is 9.84 Å². The van der Waals surface area contributed by atoms with Crippen molar-refractivity contribution < 1.29 is 9.84 Å². The van der Waals surface area contributed by atoms with Crippen LogP contribution in [0.3, 0.4) is 0 Å². The number of aliphatic hydroxyl groups excluding tert-OH is 1. The molecule has 0 saturated heterocycles. The molecule has 0 radical (unpaired) electrons. The van der Waals surface area contributed by atoms with Crippen molar-refractivity contribution in [1.29, 1.82) is 0 Å². The number of aliphatic hydroxyl groups is 1. The molecule has 1 N–H and O–H groups in total. The monoisotopic (exact) mass is 246 g/mol. The van der Waals surface area contributed by atoms with E-state index < -0.39 is 6.10 Å². The van der Waals surface area contributed by atoms with Crippen LogP contribution in [0.4, 0.5) is 0 Å². The zero-order valence-electron chi connectivity index (χ0n) is 10.7. The van der Waals surface area contributed by atoms with Crippen molar-refractivity contribution in [3.63, 3.8) is 0 Å². The smallest absolute Gasteiger partial charge is 0.125 e. The fourth-order valence-electron chi connectivity index (χ4n) is 1.81. The number of hydrogen-bond donors (Lipinski definition) is 1. The number of benzene rings is 1. The maximum Gasteiger partial charge on any atom is 0.125 e. The first-order valence-electron chi connectivity index (χ1n) is 6.05. The van der Waals surface area contributed by atoms with Gasteiger partial charge in [0, 0.05) is 18.0 Å². The van der Waals surface area contributed by atoms with Crippen LogP contribution < -0.4 is 4.74 Å². The van der Waals surface area contributed by atoms with E-state index in [0.29, 0.717) is 13.2 Å². The molecule has 18 heavy (non-hydrogen) atoms. The summed E-state index contributed by atoms with van der Waals surface area (Å²) in [6, 6.07) is 7.72. The van der Waals surface area contributed by atoms with Crippen molar-refractivity contribution in [2.45, 2.75) is 26.5 Å². The molecular weight excluding hydrogens is 228 g/mol. The zero-order valence-corrected chi connectivity index (χ0v) is 10.7. The van der Waals surface area contributed by atoms with Gasteiger partial charge in [-0.2, -0.15) is 5.10 Å². The van der Waals surface area contributed by atoms with Gasteiger partial charge in [0.1, 0.15) is 12.4 Å².